The molecule has 24 heavy (non-hydrogen) atoms. The molecule has 1 aromatic carbocycles. The monoisotopic (exact) mass is 347 g/mol. The van der Waals surface area contributed by atoms with E-state index in [9.17, 15) is 4.39 Å². The predicted octanol–water partition coefficient (Wildman–Crippen LogP) is 2.52. The van der Waals surface area contributed by atoms with Crippen LogP contribution in [0.4, 0.5) is 10.1 Å². The smallest absolute Gasteiger partial charge is 0.191 e. The number of aromatic nitrogens is 1. The van der Waals surface area contributed by atoms with Gasteiger partial charge in [-0.2, -0.15) is 0 Å². The zero-order valence-corrected chi connectivity index (χ0v) is 14.5. The van der Waals surface area contributed by atoms with Gasteiger partial charge < -0.3 is 15.5 Å². The zero-order valence-electron chi connectivity index (χ0n) is 13.7. The lowest BCUT2D eigenvalue weighted by Gasteiger charge is -2.36. The number of aliphatic imine (C=N–C) groups is 1. The van der Waals surface area contributed by atoms with E-state index in [-0.39, 0.29) is 11.7 Å². The maximum Gasteiger partial charge on any atom is 0.191 e. The fraction of sp³-hybridized carbons (Fsp3) is 0.412. The minimum Gasteiger partial charge on any atom is -0.370 e. The summed E-state index contributed by atoms with van der Waals surface area (Å²) < 4.78 is 13.0. The maximum absolute atomic E-state index is 13.0. The van der Waals surface area contributed by atoms with Crippen molar-refractivity contribution < 1.29 is 4.39 Å². The van der Waals surface area contributed by atoms with Crippen LogP contribution < -0.4 is 10.6 Å². The third kappa shape index (κ3) is 4.03. The summed E-state index contributed by atoms with van der Waals surface area (Å²) >= 11 is 1.65. The van der Waals surface area contributed by atoms with Gasteiger partial charge in [0.1, 0.15) is 5.82 Å². The molecule has 0 aliphatic carbocycles. The summed E-state index contributed by atoms with van der Waals surface area (Å²) in [5.74, 6) is 0.671. The van der Waals surface area contributed by atoms with Gasteiger partial charge in [0.15, 0.2) is 5.96 Å². The van der Waals surface area contributed by atoms with Crippen LogP contribution in [0, 0.1) is 5.82 Å². The van der Waals surface area contributed by atoms with E-state index in [4.69, 9.17) is 5.73 Å². The van der Waals surface area contributed by atoms with Crippen molar-refractivity contribution in [1.82, 2.24) is 9.88 Å². The first-order chi connectivity index (χ1) is 11.6. The maximum atomic E-state index is 13.0. The molecule has 2 aromatic rings. The summed E-state index contributed by atoms with van der Waals surface area (Å²) in [7, 11) is 0. The van der Waals surface area contributed by atoms with E-state index < -0.39 is 0 Å². The van der Waals surface area contributed by atoms with Gasteiger partial charge in [-0.15, -0.1) is 11.3 Å². The van der Waals surface area contributed by atoms with Gasteiger partial charge in [-0.3, -0.25) is 4.99 Å². The molecule has 1 aliphatic rings. The van der Waals surface area contributed by atoms with Gasteiger partial charge in [-0.1, -0.05) is 6.92 Å². The highest BCUT2D eigenvalue weighted by molar-refractivity contribution is 7.09. The first-order valence-electron chi connectivity index (χ1n) is 8.08. The molecule has 0 amide bonds. The normalized spacial score (nSPS) is 17.2. The number of halogens is 1. The predicted molar refractivity (Wildman–Crippen MR) is 97.2 cm³/mol. The van der Waals surface area contributed by atoms with Crippen LogP contribution in [-0.2, 0) is 0 Å². The molecule has 2 heterocycles. The topological polar surface area (TPSA) is 57.8 Å². The SMILES string of the molecule is CC(CN=C(N)N1CCN(c2ccc(F)cc2)CC1)c1nccs1. The second-order valence-electron chi connectivity index (χ2n) is 5.92. The van der Waals surface area contributed by atoms with E-state index >= 15 is 0 Å². The van der Waals surface area contributed by atoms with Crippen molar-refractivity contribution in [3.8, 4) is 0 Å². The van der Waals surface area contributed by atoms with Crippen molar-refractivity contribution in [2.24, 2.45) is 10.7 Å². The minimum absolute atomic E-state index is 0.205. The number of rotatable bonds is 4. The van der Waals surface area contributed by atoms with E-state index in [1.807, 2.05) is 23.7 Å². The third-order valence-electron chi connectivity index (χ3n) is 4.20. The van der Waals surface area contributed by atoms with Crippen LogP contribution in [0.5, 0.6) is 0 Å². The van der Waals surface area contributed by atoms with Gasteiger partial charge in [-0.25, -0.2) is 9.37 Å². The van der Waals surface area contributed by atoms with E-state index in [0.717, 1.165) is 36.9 Å². The second kappa shape index (κ2) is 7.61. The lowest BCUT2D eigenvalue weighted by molar-refractivity contribution is 0.380. The summed E-state index contributed by atoms with van der Waals surface area (Å²) in [5, 5.41) is 3.07. The Balaban J connectivity index is 1.52. The van der Waals surface area contributed by atoms with Crippen LogP contribution in [0.3, 0.4) is 0 Å². The van der Waals surface area contributed by atoms with Crippen molar-refractivity contribution in [2.75, 3.05) is 37.6 Å². The number of guanidine groups is 1. The number of nitrogens with zero attached hydrogens (tertiary/aromatic N) is 4. The van der Waals surface area contributed by atoms with E-state index in [1.54, 1.807) is 11.3 Å². The van der Waals surface area contributed by atoms with Crippen LogP contribution in [0.15, 0.2) is 40.8 Å². The van der Waals surface area contributed by atoms with E-state index in [0.29, 0.717) is 12.5 Å². The molecule has 1 atom stereocenters. The number of piperazine rings is 1. The first kappa shape index (κ1) is 16.7. The molecule has 2 N–H and O–H groups in total. The highest BCUT2D eigenvalue weighted by atomic mass is 32.1. The van der Waals surface area contributed by atoms with Gasteiger partial charge in [0.25, 0.3) is 0 Å². The van der Waals surface area contributed by atoms with Crippen molar-refractivity contribution in [1.29, 1.82) is 0 Å². The molecule has 0 bridgehead atoms. The summed E-state index contributed by atoms with van der Waals surface area (Å²) in [5.41, 5.74) is 7.19. The molecule has 0 spiro atoms. The second-order valence-corrected chi connectivity index (χ2v) is 6.85. The number of hydrogen-bond donors (Lipinski definition) is 1. The Kier molecular flexibility index (Phi) is 5.30. The Hall–Kier alpha value is -2.15. The number of nitrogens with two attached hydrogens (primary N) is 1. The van der Waals surface area contributed by atoms with Crippen LogP contribution in [0.25, 0.3) is 0 Å². The summed E-state index contributed by atoms with van der Waals surface area (Å²) in [6, 6.07) is 6.63. The molecule has 1 saturated heterocycles. The molecule has 3 rings (SSSR count). The first-order valence-corrected chi connectivity index (χ1v) is 8.96. The Morgan fingerprint density at radius 2 is 2.00 bits per heavy atom. The Labute approximate surface area is 145 Å². The van der Waals surface area contributed by atoms with Crippen molar-refractivity contribution in [3.05, 3.63) is 46.7 Å². The lowest BCUT2D eigenvalue weighted by Crippen LogP contribution is -2.51. The largest absolute Gasteiger partial charge is 0.370 e. The average Bonchev–Trinajstić information content (AvgIpc) is 3.15. The van der Waals surface area contributed by atoms with Gasteiger partial charge in [0, 0.05) is 49.4 Å². The Morgan fingerprint density at radius 3 is 2.62 bits per heavy atom. The standard InChI is InChI=1S/C17H22FN5S/c1-13(16-20-6-11-24-16)12-21-17(19)23-9-7-22(8-10-23)15-4-2-14(18)3-5-15/h2-6,11,13H,7-10,12H2,1H3,(H2,19,21). The molecule has 1 aliphatic heterocycles. The molecular formula is C17H22FN5S. The third-order valence-corrected chi connectivity index (χ3v) is 5.20. The molecule has 1 fully saturated rings. The molecule has 7 heteroatoms. The number of thiazole rings is 1. The molecule has 0 saturated carbocycles. The average molecular weight is 347 g/mol. The fourth-order valence-electron chi connectivity index (χ4n) is 2.73. The van der Waals surface area contributed by atoms with Gasteiger partial charge in [0.2, 0.25) is 0 Å². The summed E-state index contributed by atoms with van der Waals surface area (Å²) in [6.45, 7) is 6.10. The summed E-state index contributed by atoms with van der Waals surface area (Å²) in [4.78, 5) is 13.2. The van der Waals surface area contributed by atoms with Crippen molar-refractivity contribution in [3.63, 3.8) is 0 Å². The zero-order chi connectivity index (χ0) is 16.9. The van der Waals surface area contributed by atoms with Crippen LogP contribution in [0.1, 0.15) is 17.8 Å². The van der Waals surface area contributed by atoms with Crippen LogP contribution in [0.2, 0.25) is 0 Å². The minimum atomic E-state index is -0.205. The van der Waals surface area contributed by atoms with Crippen LogP contribution in [-0.4, -0.2) is 48.6 Å². The van der Waals surface area contributed by atoms with Crippen molar-refractivity contribution >= 4 is 23.0 Å². The van der Waals surface area contributed by atoms with Gasteiger partial charge in [-0.05, 0) is 24.3 Å². The van der Waals surface area contributed by atoms with Gasteiger partial charge in [0.05, 0.1) is 11.6 Å². The Morgan fingerprint density at radius 1 is 1.29 bits per heavy atom. The lowest BCUT2D eigenvalue weighted by atomic mass is 10.2. The fourth-order valence-corrected chi connectivity index (χ4v) is 3.42. The number of benzene rings is 1. The molecule has 1 unspecified atom stereocenters. The highest BCUT2D eigenvalue weighted by Crippen LogP contribution is 2.19. The molecule has 1 aromatic heterocycles. The number of anilines is 1. The molecule has 5 nitrogen and oxygen atoms in total. The van der Waals surface area contributed by atoms with E-state index in [2.05, 4.69) is 26.7 Å². The van der Waals surface area contributed by atoms with E-state index in [1.165, 1.54) is 12.1 Å². The molecule has 128 valence electrons. The number of hydrogen-bond acceptors (Lipinski definition) is 4. The molecular weight excluding hydrogens is 325 g/mol. The quantitative estimate of drug-likeness (QED) is 0.682. The van der Waals surface area contributed by atoms with Crippen LogP contribution >= 0.6 is 11.3 Å². The molecule has 0 radical (unpaired) electrons. The Bertz CT molecular complexity index is 663. The highest BCUT2D eigenvalue weighted by Gasteiger charge is 2.19. The summed E-state index contributed by atoms with van der Waals surface area (Å²) in [6.07, 6.45) is 1.82. The van der Waals surface area contributed by atoms with Gasteiger partial charge >= 0.3 is 0 Å². The van der Waals surface area contributed by atoms with Crippen molar-refractivity contribution in [2.45, 2.75) is 12.8 Å².